The second kappa shape index (κ2) is 5.16. The predicted molar refractivity (Wildman–Crippen MR) is 71.5 cm³/mol. The van der Waals surface area contributed by atoms with Crippen LogP contribution in [0, 0.1) is 0 Å². The Bertz CT molecular complexity index is 566. The quantitative estimate of drug-likeness (QED) is 0.809. The zero-order chi connectivity index (χ0) is 11.8. The van der Waals surface area contributed by atoms with E-state index in [-0.39, 0.29) is 18.5 Å². The van der Waals surface area contributed by atoms with Gasteiger partial charge in [0.1, 0.15) is 0 Å². The van der Waals surface area contributed by atoms with Crippen molar-refractivity contribution in [2.24, 2.45) is 0 Å². The Hall–Kier alpha value is -1.27. The average Bonchev–Trinajstić information content (AvgIpc) is 2.88. The molecule has 5 nitrogen and oxygen atoms in total. The Morgan fingerprint density at radius 3 is 3.22 bits per heavy atom. The molecule has 7 heteroatoms. The molecule has 0 unspecified atom stereocenters. The molecule has 0 aliphatic carbocycles. The van der Waals surface area contributed by atoms with Crippen LogP contribution >= 0.6 is 23.7 Å². The number of thiazole rings is 1. The molecule has 0 saturated carbocycles. The number of nitrogens with zero attached hydrogens (tertiary/aromatic N) is 3. The molecular weight excluding hydrogens is 274 g/mol. The van der Waals surface area contributed by atoms with Crippen molar-refractivity contribution in [3.8, 4) is 0 Å². The second-order valence-corrected chi connectivity index (χ2v) is 4.98. The number of ether oxygens (including phenoxy) is 1. The van der Waals surface area contributed by atoms with E-state index < -0.39 is 0 Å². The number of imidazole rings is 1. The number of carbonyl (C=O) groups is 1. The summed E-state index contributed by atoms with van der Waals surface area (Å²) in [7, 11) is 0. The Balaban J connectivity index is 0.00000120. The van der Waals surface area contributed by atoms with E-state index in [2.05, 4.69) is 9.38 Å². The van der Waals surface area contributed by atoms with Crippen LogP contribution in [0.3, 0.4) is 0 Å². The minimum absolute atomic E-state index is 0. The van der Waals surface area contributed by atoms with Crippen LogP contribution in [0.1, 0.15) is 17.5 Å². The lowest BCUT2D eigenvalue weighted by Crippen LogP contribution is -2.36. The molecule has 0 saturated heterocycles. The van der Waals surface area contributed by atoms with E-state index in [0.29, 0.717) is 13.2 Å². The van der Waals surface area contributed by atoms with Gasteiger partial charge in [0.25, 0.3) is 0 Å². The lowest BCUT2D eigenvalue weighted by Gasteiger charge is -2.25. The van der Waals surface area contributed by atoms with Gasteiger partial charge >= 0.3 is 6.09 Å². The highest BCUT2D eigenvalue weighted by molar-refractivity contribution is 7.17. The van der Waals surface area contributed by atoms with Crippen molar-refractivity contribution in [3.05, 3.63) is 23.0 Å². The number of carbonyl (C=O) groups excluding carboxylic acids is 1. The summed E-state index contributed by atoms with van der Waals surface area (Å²) in [5.41, 5.74) is 1.28. The Morgan fingerprint density at radius 2 is 2.44 bits per heavy atom. The van der Waals surface area contributed by atoms with E-state index in [0.717, 1.165) is 17.9 Å². The van der Waals surface area contributed by atoms with Gasteiger partial charge in [0.05, 0.1) is 13.2 Å². The molecule has 2 aromatic rings. The van der Waals surface area contributed by atoms with Gasteiger partial charge < -0.3 is 9.64 Å². The fourth-order valence-corrected chi connectivity index (χ4v) is 3.26. The smallest absolute Gasteiger partial charge is 0.410 e. The summed E-state index contributed by atoms with van der Waals surface area (Å²) < 4.78 is 7.13. The first kappa shape index (κ1) is 13.2. The highest BCUT2D eigenvalue weighted by Crippen LogP contribution is 2.28. The summed E-state index contributed by atoms with van der Waals surface area (Å²) >= 11 is 1.65. The van der Waals surface area contributed by atoms with Crippen LogP contribution < -0.4 is 0 Å². The fourth-order valence-electron chi connectivity index (χ4n) is 2.12. The molecular formula is C11H14ClN3O2S. The van der Waals surface area contributed by atoms with Gasteiger partial charge in [0, 0.05) is 35.9 Å². The van der Waals surface area contributed by atoms with E-state index in [1.165, 1.54) is 10.6 Å². The molecule has 0 radical (unpaired) electrons. The standard InChI is InChI=1S/C11H13N3O2S.ClH/c1-2-16-11(15)13-5-3-8-9(7-13)17-10-12-4-6-14(8)10;/h4,6H,2-3,5,7H2,1H3;1H. The monoisotopic (exact) mass is 287 g/mol. The average molecular weight is 288 g/mol. The summed E-state index contributed by atoms with van der Waals surface area (Å²) in [4.78, 5) is 19.9. The largest absolute Gasteiger partial charge is 0.450 e. The zero-order valence-corrected chi connectivity index (χ0v) is 11.6. The number of hydrogen-bond acceptors (Lipinski definition) is 4. The number of hydrogen-bond donors (Lipinski definition) is 0. The molecule has 18 heavy (non-hydrogen) atoms. The highest BCUT2D eigenvalue weighted by Gasteiger charge is 2.25. The van der Waals surface area contributed by atoms with Gasteiger partial charge in [0.2, 0.25) is 0 Å². The summed E-state index contributed by atoms with van der Waals surface area (Å²) in [5, 5.41) is 0. The fraction of sp³-hybridized carbons (Fsp3) is 0.455. The van der Waals surface area contributed by atoms with Crippen LogP contribution in [0.4, 0.5) is 4.79 Å². The lowest BCUT2D eigenvalue weighted by molar-refractivity contribution is 0.103. The van der Waals surface area contributed by atoms with Crippen LogP contribution in [0.15, 0.2) is 12.4 Å². The van der Waals surface area contributed by atoms with Crippen LogP contribution in [0.5, 0.6) is 0 Å². The number of amides is 1. The van der Waals surface area contributed by atoms with Gasteiger partial charge in [-0.3, -0.25) is 4.40 Å². The minimum atomic E-state index is -0.218. The van der Waals surface area contributed by atoms with E-state index in [9.17, 15) is 4.79 Å². The maximum Gasteiger partial charge on any atom is 0.410 e. The van der Waals surface area contributed by atoms with Crippen molar-refractivity contribution in [3.63, 3.8) is 0 Å². The van der Waals surface area contributed by atoms with Crippen molar-refractivity contribution < 1.29 is 9.53 Å². The number of aromatic nitrogens is 2. The van der Waals surface area contributed by atoms with E-state index in [4.69, 9.17) is 4.74 Å². The van der Waals surface area contributed by atoms with Crippen molar-refractivity contribution in [1.82, 2.24) is 14.3 Å². The summed E-state index contributed by atoms with van der Waals surface area (Å²) in [6.45, 7) is 3.61. The maximum absolute atomic E-state index is 11.6. The molecule has 0 bridgehead atoms. The number of halogens is 1. The Kier molecular flexibility index (Phi) is 3.77. The van der Waals surface area contributed by atoms with E-state index >= 15 is 0 Å². The SMILES string of the molecule is CCOC(=O)N1CCc2c(sc3nccn23)C1.Cl. The molecule has 98 valence electrons. The van der Waals surface area contributed by atoms with Crippen molar-refractivity contribution in [2.75, 3.05) is 13.2 Å². The van der Waals surface area contributed by atoms with Gasteiger partial charge in [-0.1, -0.05) is 11.3 Å². The van der Waals surface area contributed by atoms with E-state index in [1.807, 2.05) is 19.3 Å². The van der Waals surface area contributed by atoms with Crippen LogP contribution in [0.2, 0.25) is 0 Å². The van der Waals surface area contributed by atoms with Crippen LogP contribution in [-0.2, 0) is 17.7 Å². The molecule has 1 amide bonds. The third-order valence-corrected chi connectivity index (χ3v) is 4.01. The molecule has 1 aliphatic rings. The van der Waals surface area contributed by atoms with Gasteiger partial charge in [-0.15, -0.1) is 12.4 Å². The summed E-state index contributed by atoms with van der Waals surface area (Å²) in [5.74, 6) is 0. The number of rotatable bonds is 1. The third kappa shape index (κ3) is 2.06. The molecule has 0 atom stereocenters. The maximum atomic E-state index is 11.6. The van der Waals surface area contributed by atoms with Gasteiger partial charge in [-0.2, -0.15) is 0 Å². The molecule has 3 heterocycles. The minimum Gasteiger partial charge on any atom is -0.450 e. The first-order chi connectivity index (χ1) is 8.29. The zero-order valence-electron chi connectivity index (χ0n) is 9.96. The van der Waals surface area contributed by atoms with Crippen molar-refractivity contribution in [2.45, 2.75) is 19.9 Å². The topological polar surface area (TPSA) is 46.8 Å². The summed E-state index contributed by atoms with van der Waals surface area (Å²) in [6, 6.07) is 0. The number of fused-ring (bicyclic) bond motifs is 3. The molecule has 0 aromatic carbocycles. The van der Waals surface area contributed by atoms with Crippen LogP contribution in [-0.4, -0.2) is 33.5 Å². The van der Waals surface area contributed by atoms with Crippen molar-refractivity contribution >= 4 is 34.8 Å². The Morgan fingerprint density at radius 1 is 1.61 bits per heavy atom. The third-order valence-electron chi connectivity index (χ3n) is 2.91. The van der Waals surface area contributed by atoms with Gasteiger partial charge in [-0.05, 0) is 6.92 Å². The molecule has 1 aliphatic heterocycles. The molecule has 3 rings (SSSR count). The first-order valence-electron chi connectivity index (χ1n) is 5.65. The summed E-state index contributed by atoms with van der Waals surface area (Å²) in [6.07, 6.45) is 4.43. The lowest BCUT2D eigenvalue weighted by atomic mass is 10.2. The molecule has 2 aromatic heterocycles. The van der Waals surface area contributed by atoms with Gasteiger partial charge in [-0.25, -0.2) is 9.78 Å². The first-order valence-corrected chi connectivity index (χ1v) is 6.46. The Labute approximate surface area is 115 Å². The van der Waals surface area contributed by atoms with Crippen molar-refractivity contribution in [1.29, 1.82) is 0 Å². The second-order valence-electron chi connectivity index (χ2n) is 3.92. The molecule has 0 spiro atoms. The predicted octanol–water partition coefficient (Wildman–Crippen LogP) is 2.33. The molecule has 0 N–H and O–H groups in total. The molecule has 0 fully saturated rings. The van der Waals surface area contributed by atoms with Gasteiger partial charge in [0.15, 0.2) is 4.96 Å². The highest BCUT2D eigenvalue weighted by atomic mass is 35.5. The van der Waals surface area contributed by atoms with Crippen LogP contribution in [0.25, 0.3) is 4.96 Å². The normalized spacial score (nSPS) is 14.2. The van der Waals surface area contributed by atoms with E-state index in [1.54, 1.807) is 16.2 Å².